The zero-order valence-corrected chi connectivity index (χ0v) is 12.7. The largest absolute Gasteiger partial charge is 0.372 e. The Morgan fingerprint density at radius 2 is 2.19 bits per heavy atom. The van der Waals surface area contributed by atoms with E-state index in [-0.39, 0.29) is 5.56 Å². The Labute approximate surface area is 124 Å². The van der Waals surface area contributed by atoms with E-state index < -0.39 is 0 Å². The first kappa shape index (κ1) is 14.3. The van der Waals surface area contributed by atoms with Gasteiger partial charge in [-0.2, -0.15) is 0 Å². The molecule has 1 aliphatic heterocycles. The highest BCUT2D eigenvalue weighted by Crippen LogP contribution is 2.17. The summed E-state index contributed by atoms with van der Waals surface area (Å²) in [6.07, 6.45) is 2.66. The summed E-state index contributed by atoms with van der Waals surface area (Å²) in [4.78, 5) is 15.2. The van der Waals surface area contributed by atoms with Crippen LogP contribution in [0.1, 0.15) is 29.5 Å². The molecule has 21 heavy (non-hydrogen) atoms. The van der Waals surface area contributed by atoms with Crippen molar-refractivity contribution in [3.63, 3.8) is 0 Å². The molecule has 1 saturated heterocycles. The van der Waals surface area contributed by atoms with Crippen LogP contribution in [0.15, 0.2) is 23.0 Å². The van der Waals surface area contributed by atoms with Crippen LogP contribution in [0.5, 0.6) is 0 Å². The van der Waals surface area contributed by atoms with Gasteiger partial charge in [-0.25, -0.2) is 0 Å². The Hall–Kier alpha value is -1.65. The lowest BCUT2D eigenvalue weighted by Gasteiger charge is -2.09. The number of H-pyrrole nitrogens is 1. The van der Waals surface area contributed by atoms with Gasteiger partial charge in [0.25, 0.3) is 5.56 Å². The Morgan fingerprint density at radius 3 is 2.95 bits per heavy atom. The van der Waals surface area contributed by atoms with Crippen LogP contribution in [0, 0.1) is 13.8 Å². The van der Waals surface area contributed by atoms with Crippen LogP contribution in [0.25, 0.3) is 10.9 Å². The maximum atomic E-state index is 12.2. The molecule has 0 amide bonds. The molecule has 112 valence electrons. The number of hydrogen-bond acceptors (Lipinski definition) is 2. The highest BCUT2D eigenvalue weighted by Gasteiger charge is 2.17. The lowest BCUT2D eigenvalue weighted by atomic mass is 10.1. The van der Waals surface area contributed by atoms with E-state index in [2.05, 4.69) is 29.4 Å². The average molecular weight is 287 g/mol. The maximum Gasteiger partial charge on any atom is 0.257 e. The fourth-order valence-corrected chi connectivity index (χ4v) is 3.14. The molecule has 0 bridgehead atoms. The van der Waals surface area contributed by atoms with E-state index >= 15 is 0 Å². The third-order valence-electron chi connectivity index (χ3n) is 4.19. The molecular weight excluding hydrogens is 264 g/mol. The maximum absolute atomic E-state index is 12.2. The molecule has 2 aromatic rings. The van der Waals surface area contributed by atoms with Crippen LogP contribution in [-0.2, 0) is 11.3 Å². The normalized spacial score (nSPS) is 18.5. The van der Waals surface area contributed by atoms with Crippen molar-refractivity contribution >= 4 is 10.9 Å². The van der Waals surface area contributed by atoms with Crippen LogP contribution in [0.4, 0.5) is 0 Å². The van der Waals surface area contributed by atoms with Crippen molar-refractivity contribution in [1.29, 1.82) is 0 Å². The number of rotatable bonds is 4. The van der Waals surface area contributed by atoms with Gasteiger partial charge < -0.3 is 15.0 Å². The van der Waals surface area contributed by atoms with Crippen LogP contribution in [-0.4, -0.2) is 24.2 Å². The van der Waals surface area contributed by atoms with E-state index in [1.165, 1.54) is 5.56 Å². The zero-order chi connectivity index (χ0) is 14.8. The van der Waals surface area contributed by atoms with E-state index in [1.54, 1.807) is 0 Å². The molecule has 1 aromatic carbocycles. The van der Waals surface area contributed by atoms with Gasteiger partial charge in [0.1, 0.15) is 19.2 Å². The number of nitrogens with two attached hydrogens (primary N) is 1. The van der Waals surface area contributed by atoms with Gasteiger partial charge in [-0.15, -0.1) is 0 Å². The van der Waals surface area contributed by atoms with E-state index in [0.29, 0.717) is 12.6 Å². The fourth-order valence-electron chi connectivity index (χ4n) is 3.14. The van der Waals surface area contributed by atoms with Crippen molar-refractivity contribution in [3.8, 4) is 0 Å². The molecule has 3 N–H and O–H groups in total. The van der Waals surface area contributed by atoms with Gasteiger partial charge in [0, 0.05) is 6.61 Å². The summed E-state index contributed by atoms with van der Waals surface area (Å²) >= 11 is 0. The highest BCUT2D eigenvalue weighted by molar-refractivity contribution is 5.82. The molecule has 1 aromatic heterocycles. The SMILES string of the molecule is Cc1cc(C)c2[nH]c(=O)c(C[NH2+]C[C@@H]3CCCO3)cc2c1. The van der Waals surface area contributed by atoms with Crippen LogP contribution in [0.3, 0.4) is 0 Å². The average Bonchev–Trinajstić information content (AvgIpc) is 2.93. The first-order valence-electron chi connectivity index (χ1n) is 7.70. The summed E-state index contributed by atoms with van der Waals surface area (Å²) in [5.41, 5.74) is 4.16. The number of quaternary nitrogens is 1. The van der Waals surface area contributed by atoms with Crippen LogP contribution in [0.2, 0.25) is 0 Å². The number of aryl methyl sites for hydroxylation is 2. The summed E-state index contributed by atoms with van der Waals surface area (Å²) in [7, 11) is 0. The molecule has 0 saturated carbocycles. The van der Waals surface area contributed by atoms with Crippen molar-refractivity contribution in [2.24, 2.45) is 0 Å². The van der Waals surface area contributed by atoms with Gasteiger partial charge in [0.15, 0.2) is 0 Å². The molecule has 0 aliphatic carbocycles. The van der Waals surface area contributed by atoms with Gasteiger partial charge in [-0.05, 0) is 49.8 Å². The fraction of sp³-hybridized carbons (Fsp3) is 0.471. The lowest BCUT2D eigenvalue weighted by molar-refractivity contribution is -0.676. The molecule has 1 atom stereocenters. The third kappa shape index (κ3) is 3.17. The molecule has 4 heteroatoms. The minimum Gasteiger partial charge on any atom is -0.372 e. The van der Waals surface area contributed by atoms with Gasteiger partial charge in [0.05, 0.1) is 11.1 Å². The Balaban J connectivity index is 1.78. The minimum absolute atomic E-state index is 0.0260. The van der Waals surface area contributed by atoms with Gasteiger partial charge in [-0.1, -0.05) is 11.6 Å². The second-order valence-electron chi connectivity index (χ2n) is 6.03. The van der Waals surface area contributed by atoms with Crippen molar-refractivity contribution in [2.75, 3.05) is 13.2 Å². The minimum atomic E-state index is 0.0260. The topological polar surface area (TPSA) is 58.7 Å². The molecule has 3 rings (SSSR count). The van der Waals surface area contributed by atoms with Crippen LogP contribution < -0.4 is 10.9 Å². The smallest absolute Gasteiger partial charge is 0.257 e. The molecule has 2 heterocycles. The first-order valence-corrected chi connectivity index (χ1v) is 7.70. The van der Waals surface area contributed by atoms with E-state index in [1.807, 2.05) is 13.0 Å². The Bertz CT molecular complexity index is 700. The molecule has 0 spiro atoms. The number of nitrogens with one attached hydrogen (secondary N) is 1. The quantitative estimate of drug-likeness (QED) is 0.892. The molecular formula is C17H23N2O2+. The van der Waals surface area contributed by atoms with Gasteiger partial charge in [0.2, 0.25) is 0 Å². The van der Waals surface area contributed by atoms with Crippen molar-refractivity contribution in [3.05, 3.63) is 45.2 Å². The third-order valence-corrected chi connectivity index (χ3v) is 4.19. The number of ether oxygens (including phenoxy) is 1. The summed E-state index contributed by atoms with van der Waals surface area (Å²) in [5, 5.41) is 3.29. The number of fused-ring (bicyclic) bond motifs is 1. The lowest BCUT2D eigenvalue weighted by Crippen LogP contribution is -2.85. The predicted molar refractivity (Wildman–Crippen MR) is 83.5 cm³/mol. The summed E-state index contributed by atoms with van der Waals surface area (Å²) in [6.45, 7) is 6.64. The molecule has 4 nitrogen and oxygen atoms in total. The van der Waals surface area contributed by atoms with E-state index in [9.17, 15) is 4.79 Å². The van der Waals surface area contributed by atoms with Gasteiger partial charge >= 0.3 is 0 Å². The second-order valence-corrected chi connectivity index (χ2v) is 6.03. The first-order chi connectivity index (χ1) is 10.1. The molecule has 1 fully saturated rings. The van der Waals surface area contributed by atoms with Crippen LogP contribution >= 0.6 is 0 Å². The zero-order valence-electron chi connectivity index (χ0n) is 12.7. The van der Waals surface area contributed by atoms with Crippen molar-refractivity contribution in [1.82, 2.24) is 4.98 Å². The standard InChI is InChI=1S/C17H22N2O2/c1-11-6-12(2)16-13(7-11)8-14(17(20)19-16)9-18-10-15-4-3-5-21-15/h6-8,15,18H,3-5,9-10H2,1-2H3,(H,19,20)/p+1/t15-/m0/s1. The van der Waals surface area contributed by atoms with Crippen molar-refractivity contribution in [2.45, 2.75) is 39.3 Å². The van der Waals surface area contributed by atoms with E-state index in [4.69, 9.17) is 4.74 Å². The number of aromatic amines is 1. The summed E-state index contributed by atoms with van der Waals surface area (Å²) in [5.74, 6) is 0. The van der Waals surface area contributed by atoms with Crippen molar-refractivity contribution < 1.29 is 10.1 Å². The van der Waals surface area contributed by atoms with E-state index in [0.717, 1.165) is 48.0 Å². The second kappa shape index (κ2) is 6.00. The number of benzene rings is 1. The van der Waals surface area contributed by atoms with Gasteiger partial charge in [-0.3, -0.25) is 4.79 Å². The summed E-state index contributed by atoms with van der Waals surface area (Å²) in [6, 6.07) is 6.25. The number of hydrogen-bond donors (Lipinski definition) is 2. The highest BCUT2D eigenvalue weighted by atomic mass is 16.5. The molecule has 1 aliphatic rings. The monoisotopic (exact) mass is 287 g/mol. The predicted octanol–water partition coefficient (Wildman–Crippen LogP) is 1.39. The Morgan fingerprint density at radius 1 is 1.33 bits per heavy atom. The molecule has 0 radical (unpaired) electrons. The molecule has 0 unspecified atom stereocenters. The number of aromatic nitrogens is 1. The Kier molecular flexibility index (Phi) is 4.08. The summed E-state index contributed by atoms with van der Waals surface area (Å²) < 4.78 is 5.61. The number of pyridine rings is 1.